The van der Waals surface area contributed by atoms with Crippen LogP contribution in [0.3, 0.4) is 0 Å². The molecule has 1 saturated heterocycles. The summed E-state index contributed by atoms with van der Waals surface area (Å²) in [6, 6.07) is 0. The van der Waals surface area contributed by atoms with Crippen molar-refractivity contribution in [3.63, 3.8) is 0 Å². The molecule has 1 aliphatic heterocycles. The third kappa shape index (κ3) is 5.29. The summed E-state index contributed by atoms with van der Waals surface area (Å²) in [7, 11) is 0. The molecule has 1 spiro atoms. The number of rotatable bonds is 7. The number of fused-ring (bicyclic) bond motifs is 5. The number of carbonyl (C=O) groups is 1. The van der Waals surface area contributed by atoms with Crippen LogP contribution in [0.2, 0.25) is 0 Å². The van der Waals surface area contributed by atoms with Gasteiger partial charge in [-0.15, -0.1) is 0 Å². The van der Waals surface area contributed by atoms with Crippen molar-refractivity contribution >= 4 is 5.97 Å². The highest BCUT2D eigenvalue weighted by Gasteiger charge is 2.65. The van der Waals surface area contributed by atoms with Crippen LogP contribution in [0.4, 0.5) is 0 Å². The summed E-state index contributed by atoms with van der Waals surface area (Å²) >= 11 is 0. The average Bonchev–Trinajstić information content (AvgIpc) is 3.56. The molecule has 1 heterocycles. The largest absolute Gasteiger partial charge is 0.458 e. The predicted octanol–water partition coefficient (Wildman–Crippen LogP) is 7.62. The summed E-state index contributed by atoms with van der Waals surface area (Å²) in [5.41, 5.74) is 1.25. The molecular weight excluding hydrogens is 512 g/mol. The Kier molecular flexibility index (Phi) is 8.31. The molecule has 4 saturated carbocycles. The first-order valence-electron chi connectivity index (χ1n) is 17.1. The second-order valence-corrected chi connectivity index (χ2v) is 15.7. The van der Waals surface area contributed by atoms with E-state index < -0.39 is 5.79 Å². The molecule has 5 aliphatic carbocycles. The fourth-order valence-corrected chi connectivity index (χ4v) is 10.9. The highest BCUT2D eigenvalue weighted by atomic mass is 16.7. The molecule has 0 bridgehead atoms. The van der Waals surface area contributed by atoms with Gasteiger partial charge in [-0.05, 0) is 111 Å². The van der Waals surface area contributed by atoms with Crippen LogP contribution >= 0.6 is 0 Å². The number of hydrogen-bond donors (Lipinski definition) is 1. The molecule has 5 fully saturated rings. The monoisotopic (exact) mass is 568 g/mol. The summed E-state index contributed by atoms with van der Waals surface area (Å²) in [5.74, 6) is 3.09. The lowest BCUT2D eigenvalue weighted by Crippen LogP contribution is -2.61. The number of aliphatic hydroxyl groups is 1. The van der Waals surface area contributed by atoms with Crippen molar-refractivity contribution in [2.24, 2.45) is 52.3 Å². The molecule has 0 amide bonds. The predicted molar refractivity (Wildman–Crippen MR) is 161 cm³/mol. The van der Waals surface area contributed by atoms with Crippen molar-refractivity contribution in [1.82, 2.24) is 0 Å². The van der Waals surface area contributed by atoms with E-state index in [-0.39, 0.29) is 29.0 Å². The molecule has 0 aromatic heterocycles. The van der Waals surface area contributed by atoms with Gasteiger partial charge in [0.1, 0.15) is 6.10 Å². The van der Waals surface area contributed by atoms with E-state index in [4.69, 9.17) is 14.2 Å². The van der Waals surface area contributed by atoms with E-state index in [0.29, 0.717) is 54.6 Å². The Balaban J connectivity index is 1.27. The smallest absolute Gasteiger partial charge is 0.338 e. The molecule has 0 aromatic rings. The molecule has 7 unspecified atom stereocenters. The van der Waals surface area contributed by atoms with Gasteiger partial charge in [-0.3, -0.25) is 0 Å². The number of esters is 1. The van der Waals surface area contributed by atoms with Crippen LogP contribution in [0.1, 0.15) is 112 Å². The fourth-order valence-electron chi connectivity index (χ4n) is 10.9. The number of allylic oxidation sites excluding steroid dienone is 2. The lowest BCUT2D eigenvalue weighted by Gasteiger charge is -2.63. The van der Waals surface area contributed by atoms with Gasteiger partial charge in [0.2, 0.25) is 0 Å². The zero-order valence-electron chi connectivity index (χ0n) is 26.4. The van der Waals surface area contributed by atoms with Crippen molar-refractivity contribution < 1.29 is 24.1 Å². The summed E-state index contributed by atoms with van der Waals surface area (Å²) < 4.78 is 19.1. The Labute approximate surface area is 248 Å². The second-order valence-electron chi connectivity index (χ2n) is 15.7. The Hall–Kier alpha value is -1.17. The van der Waals surface area contributed by atoms with Gasteiger partial charge in [-0.25, -0.2) is 4.79 Å². The van der Waals surface area contributed by atoms with Gasteiger partial charge in [0.05, 0.1) is 24.9 Å². The first kappa shape index (κ1) is 29.9. The van der Waals surface area contributed by atoms with Crippen LogP contribution in [0.15, 0.2) is 23.8 Å². The van der Waals surface area contributed by atoms with Crippen LogP contribution in [-0.4, -0.2) is 42.3 Å². The van der Waals surface area contributed by atoms with Crippen LogP contribution in [0.5, 0.6) is 0 Å². The van der Waals surface area contributed by atoms with Crippen molar-refractivity contribution in [2.45, 2.75) is 130 Å². The van der Waals surface area contributed by atoms with Gasteiger partial charge in [-0.1, -0.05) is 52.8 Å². The summed E-state index contributed by atoms with van der Waals surface area (Å²) in [4.78, 5) is 13.6. The van der Waals surface area contributed by atoms with Gasteiger partial charge in [-0.2, -0.15) is 0 Å². The molecule has 6 aliphatic rings. The van der Waals surface area contributed by atoms with E-state index in [1.807, 2.05) is 6.08 Å². The lowest BCUT2D eigenvalue weighted by molar-refractivity contribution is -0.245. The number of ether oxygens (including phenoxy) is 3. The Morgan fingerprint density at radius 3 is 2.46 bits per heavy atom. The van der Waals surface area contributed by atoms with Crippen molar-refractivity contribution in [2.75, 3.05) is 13.2 Å². The van der Waals surface area contributed by atoms with Crippen molar-refractivity contribution in [3.8, 4) is 0 Å². The summed E-state index contributed by atoms with van der Waals surface area (Å²) in [6.45, 7) is 13.2. The molecule has 1 N–H and O–H groups in total. The van der Waals surface area contributed by atoms with Crippen LogP contribution in [-0.2, 0) is 19.0 Å². The third-order valence-corrected chi connectivity index (χ3v) is 13.4. The average molecular weight is 569 g/mol. The van der Waals surface area contributed by atoms with Gasteiger partial charge in [0, 0.05) is 18.8 Å². The minimum absolute atomic E-state index is 0.0419. The zero-order valence-corrected chi connectivity index (χ0v) is 26.4. The molecule has 0 aromatic carbocycles. The number of aliphatic hydroxyl groups excluding tert-OH is 1. The van der Waals surface area contributed by atoms with Crippen molar-refractivity contribution in [3.05, 3.63) is 23.8 Å². The Bertz CT molecular complexity index is 1020. The third-order valence-electron chi connectivity index (χ3n) is 13.4. The maximum atomic E-state index is 13.6. The van der Waals surface area contributed by atoms with E-state index in [1.54, 1.807) is 0 Å². The van der Waals surface area contributed by atoms with Crippen molar-refractivity contribution in [1.29, 1.82) is 0 Å². The normalized spacial score (nSPS) is 42.8. The van der Waals surface area contributed by atoms with Crippen LogP contribution in [0, 0.1) is 52.3 Å². The van der Waals surface area contributed by atoms with E-state index in [1.165, 1.54) is 25.7 Å². The molecular formula is C36H56O5. The minimum Gasteiger partial charge on any atom is -0.458 e. The van der Waals surface area contributed by atoms with Crippen LogP contribution < -0.4 is 0 Å². The quantitative estimate of drug-likeness (QED) is 0.320. The van der Waals surface area contributed by atoms with E-state index in [2.05, 4.69) is 46.8 Å². The first-order chi connectivity index (χ1) is 19.6. The molecule has 0 radical (unpaired) electrons. The summed E-state index contributed by atoms with van der Waals surface area (Å²) in [5, 5.41) is 10.5. The SMILES string of the molecule is CC(C)C(O)CC[C@@H](C)C1CCC2C3C(CCC21C)C1(C)CCC2(C[C@@H]1C[C@H]3OC(=O)C1=CCCC=C1)OCCO2. The van der Waals surface area contributed by atoms with E-state index in [0.717, 1.165) is 56.9 Å². The molecule has 5 nitrogen and oxygen atoms in total. The molecule has 230 valence electrons. The van der Waals surface area contributed by atoms with Gasteiger partial charge in [0.15, 0.2) is 5.79 Å². The zero-order chi connectivity index (χ0) is 29.0. The minimum atomic E-state index is -0.419. The maximum Gasteiger partial charge on any atom is 0.338 e. The number of hydrogen-bond acceptors (Lipinski definition) is 5. The fraction of sp³-hybridized carbons (Fsp3) is 0.861. The van der Waals surface area contributed by atoms with Crippen LogP contribution in [0.25, 0.3) is 0 Å². The van der Waals surface area contributed by atoms with E-state index >= 15 is 0 Å². The van der Waals surface area contributed by atoms with Gasteiger partial charge < -0.3 is 19.3 Å². The highest BCUT2D eigenvalue weighted by molar-refractivity contribution is 5.91. The molecule has 10 atom stereocenters. The molecule has 41 heavy (non-hydrogen) atoms. The maximum absolute atomic E-state index is 13.6. The Morgan fingerprint density at radius 2 is 1.76 bits per heavy atom. The van der Waals surface area contributed by atoms with Gasteiger partial charge in [0.25, 0.3) is 0 Å². The topological polar surface area (TPSA) is 65.0 Å². The van der Waals surface area contributed by atoms with E-state index in [9.17, 15) is 9.90 Å². The molecule has 6 rings (SSSR count). The Morgan fingerprint density at radius 1 is 1.00 bits per heavy atom. The molecule has 5 heteroatoms. The number of carbonyl (C=O) groups excluding carboxylic acids is 1. The second kappa shape index (κ2) is 11.4. The first-order valence-corrected chi connectivity index (χ1v) is 17.1. The summed E-state index contributed by atoms with van der Waals surface area (Å²) in [6.07, 6.45) is 18.8. The standard InChI is InChI=1S/C36H56O5/c1-23(2)30(37)14-11-24(3)27-12-13-28-32-29(15-16-35(27,28)5)34(4)17-18-36(39-19-20-40-36)22-26(34)21-31(32)41-33(38)25-9-7-6-8-10-25/h7,9-10,23-24,26-32,37H,6,8,11-22H2,1-5H3/t24-,26+,27?,28?,29?,30?,31-,32?,34?,35?/m1/s1. The lowest BCUT2D eigenvalue weighted by atomic mass is 9.43. The highest BCUT2D eigenvalue weighted by Crippen LogP contribution is 2.69. The van der Waals surface area contributed by atoms with Gasteiger partial charge >= 0.3 is 5.97 Å².